The first-order valence-electron chi connectivity index (χ1n) is 0.730. The molecular formula is FO4PYb. The molecule has 0 aromatic rings. The van der Waals surface area contributed by atoms with Crippen LogP contribution >= 0.6 is 7.82 Å². The first-order valence-corrected chi connectivity index (χ1v) is 2.19. The molecule has 4 nitrogen and oxygen atoms in total. The summed E-state index contributed by atoms with van der Waals surface area (Å²) in [6.45, 7) is 0. The third-order valence-electron chi connectivity index (χ3n) is 0. The number of hydrogen-bond donors (Lipinski definition) is 0. The van der Waals surface area contributed by atoms with Gasteiger partial charge in [-0.2, -0.15) is 7.82 Å². The Kier molecular flexibility index (Phi) is 12.9. The molecule has 0 unspecified atom stereocenters. The van der Waals surface area contributed by atoms with Crippen molar-refractivity contribution in [2.45, 2.75) is 0 Å². The number of phosphoric acid groups is 1. The SMILES string of the molecule is O=P([O-])([O-])[O-].[F].[Yb+3]. The van der Waals surface area contributed by atoms with Gasteiger partial charge in [0.15, 0.2) is 0 Å². The van der Waals surface area contributed by atoms with Crippen molar-refractivity contribution in [1.29, 1.82) is 0 Å². The summed E-state index contributed by atoms with van der Waals surface area (Å²) in [5, 5.41) is 0. The van der Waals surface area contributed by atoms with Gasteiger partial charge in [-0.25, -0.2) is 0 Å². The summed E-state index contributed by atoms with van der Waals surface area (Å²) in [5.41, 5.74) is 0. The fraction of sp³-hybridized carbons (Fsp3) is 0. The molecule has 0 atom stereocenters. The first-order chi connectivity index (χ1) is 2.00. The van der Waals surface area contributed by atoms with E-state index >= 15 is 0 Å². The van der Waals surface area contributed by atoms with E-state index in [-0.39, 0.29) is 51.6 Å². The Balaban J connectivity index is -0.0000000800. The van der Waals surface area contributed by atoms with Gasteiger partial charge in [0.05, 0.1) is 0 Å². The fourth-order valence-corrected chi connectivity index (χ4v) is 0. The van der Waals surface area contributed by atoms with Crippen LogP contribution in [0.25, 0.3) is 0 Å². The molecule has 0 aliphatic heterocycles. The molecule has 0 N–H and O–H groups in total. The van der Waals surface area contributed by atoms with Crippen LogP contribution in [0.4, 0.5) is 4.70 Å². The molecule has 0 aromatic heterocycles. The summed E-state index contributed by atoms with van der Waals surface area (Å²) < 4.78 is 8.55. The Hall–Kier alpha value is 1.56. The van der Waals surface area contributed by atoms with Gasteiger partial charge in [0.25, 0.3) is 0 Å². The maximum Gasteiger partial charge on any atom is 3.00 e. The summed E-state index contributed by atoms with van der Waals surface area (Å²) in [6.07, 6.45) is 0. The average Bonchev–Trinajstić information content (AvgIpc) is 0.722. The predicted octanol–water partition coefficient (Wildman–Crippen LogP) is -2.40. The predicted molar refractivity (Wildman–Crippen MR) is 8.71 cm³/mol. The van der Waals surface area contributed by atoms with Crippen molar-refractivity contribution in [3.05, 3.63) is 0 Å². The minimum atomic E-state index is -5.39. The molecule has 0 heterocycles. The van der Waals surface area contributed by atoms with Gasteiger partial charge in [-0.3, -0.25) is 0 Å². The number of halogens is 1. The van der Waals surface area contributed by atoms with Gasteiger partial charge in [-0.1, -0.05) is 0 Å². The first kappa shape index (κ1) is 15.8. The Morgan fingerprint density at radius 3 is 1.14 bits per heavy atom. The molecule has 7 heteroatoms. The molecule has 50 valence electrons. The number of rotatable bonds is 0. The average molecular weight is 287 g/mol. The topological polar surface area (TPSA) is 86.2 Å². The van der Waals surface area contributed by atoms with Gasteiger partial charge in [0.2, 0.25) is 0 Å². The summed E-state index contributed by atoms with van der Waals surface area (Å²) in [7, 11) is -5.39. The van der Waals surface area contributed by atoms with Crippen LogP contribution in [0.5, 0.6) is 0 Å². The minimum absolute atomic E-state index is 0. The van der Waals surface area contributed by atoms with Crippen molar-refractivity contribution in [2.24, 2.45) is 0 Å². The standard InChI is InChI=1S/F.H3O4P.Yb/c;1-5(2,3)4;/h;(H3,1,2,3,4);/q;;+3/p-3. The second-order valence-electron chi connectivity index (χ2n) is 0.447. The molecule has 0 rings (SSSR count). The normalized spacial score (nSPS) is 8.43. The van der Waals surface area contributed by atoms with Crippen molar-refractivity contribution in [3.8, 4) is 0 Å². The van der Waals surface area contributed by atoms with E-state index in [0.717, 1.165) is 0 Å². The van der Waals surface area contributed by atoms with E-state index in [9.17, 15) is 0 Å². The van der Waals surface area contributed by atoms with Gasteiger partial charge < -0.3 is 19.2 Å². The van der Waals surface area contributed by atoms with E-state index in [1.165, 1.54) is 0 Å². The molecule has 7 heavy (non-hydrogen) atoms. The van der Waals surface area contributed by atoms with Crippen LogP contribution in [0.2, 0.25) is 0 Å². The van der Waals surface area contributed by atoms with E-state index in [0.29, 0.717) is 0 Å². The van der Waals surface area contributed by atoms with E-state index < -0.39 is 7.82 Å². The minimum Gasteiger partial charge on any atom is -0.822 e. The van der Waals surface area contributed by atoms with Crippen LogP contribution in [0.1, 0.15) is 0 Å². The van der Waals surface area contributed by atoms with Gasteiger partial charge in [-0.15, -0.1) is 0 Å². The second kappa shape index (κ2) is 5.69. The van der Waals surface area contributed by atoms with Crippen LogP contribution in [0.15, 0.2) is 0 Å². The molecule has 0 spiro atoms. The molecule has 0 saturated heterocycles. The van der Waals surface area contributed by atoms with Gasteiger partial charge in [-0.05, 0) is 0 Å². The molecule has 2 radical (unpaired) electrons. The molecule has 0 fully saturated rings. The third-order valence-corrected chi connectivity index (χ3v) is 0. The zero-order valence-electron chi connectivity index (χ0n) is 2.73. The van der Waals surface area contributed by atoms with Crippen molar-refractivity contribution in [2.75, 3.05) is 0 Å². The monoisotopic (exact) mass is 288 g/mol. The Morgan fingerprint density at radius 2 is 1.14 bits per heavy atom. The maximum atomic E-state index is 8.55. The number of hydrogen-bond acceptors (Lipinski definition) is 4. The van der Waals surface area contributed by atoms with Crippen LogP contribution in [0, 0.1) is 46.9 Å². The molecule has 0 aliphatic carbocycles. The van der Waals surface area contributed by atoms with Gasteiger partial charge in [0.1, 0.15) is 0 Å². The van der Waals surface area contributed by atoms with E-state index in [1.807, 2.05) is 0 Å². The summed E-state index contributed by atoms with van der Waals surface area (Å²) in [6, 6.07) is 0. The maximum absolute atomic E-state index is 8.55. The Morgan fingerprint density at radius 1 is 1.14 bits per heavy atom. The largest absolute Gasteiger partial charge is 3.00 e. The third kappa shape index (κ3) is 96.1. The quantitative estimate of drug-likeness (QED) is 0.465. The fourth-order valence-electron chi connectivity index (χ4n) is 0. The Labute approximate surface area is 77.8 Å². The van der Waals surface area contributed by atoms with Crippen LogP contribution in [-0.4, -0.2) is 0 Å². The summed E-state index contributed by atoms with van der Waals surface area (Å²) >= 11 is 0. The molecule has 0 saturated carbocycles. The van der Waals surface area contributed by atoms with E-state index in [4.69, 9.17) is 19.2 Å². The van der Waals surface area contributed by atoms with Crippen molar-refractivity contribution >= 4 is 7.82 Å². The van der Waals surface area contributed by atoms with E-state index in [2.05, 4.69) is 0 Å². The smallest absolute Gasteiger partial charge is 0.822 e. The van der Waals surface area contributed by atoms with E-state index in [1.54, 1.807) is 0 Å². The summed E-state index contributed by atoms with van der Waals surface area (Å²) in [5.74, 6) is 0. The molecule has 0 aliphatic rings. The van der Waals surface area contributed by atoms with Crippen molar-refractivity contribution < 1.29 is 70.9 Å². The van der Waals surface area contributed by atoms with Crippen LogP contribution in [0.3, 0.4) is 0 Å². The van der Waals surface area contributed by atoms with Crippen molar-refractivity contribution in [3.63, 3.8) is 0 Å². The van der Waals surface area contributed by atoms with Crippen LogP contribution < -0.4 is 14.7 Å². The summed E-state index contributed by atoms with van der Waals surface area (Å²) in [4.78, 5) is 25.6. The van der Waals surface area contributed by atoms with Crippen molar-refractivity contribution in [1.82, 2.24) is 0 Å². The zero-order chi connectivity index (χ0) is 4.50. The molecular weight excluding hydrogens is 287 g/mol. The second-order valence-corrected chi connectivity index (χ2v) is 1.34. The molecule has 0 aromatic carbocycles. The molecule has 0 bridgehead atoms. The van der Waals surface area contributed by atoms with Crippen LogP contribution in [-0.2, 0) is 4.57 Å². The Bertz CT molecular complexity index is 57.8. The zero-order valence-corrected chi connectivity index (χ0v) is 5.33. The molecule has 0 amide bonds. The van der Waals surface area contributed by atoms with Gasteiger partial charge in [0, 0.05) is 4.70 Å². The van der Waals surface area contributed by atoms with Gasteiger partial charge >= 0.3 is 46.9 Å².